The van der Waals surface area contributed by atoms with Gasteiger partial charge >= 0.3 is 0 Å². The molecule has 1 aliphatic heterocycles. The number of rotatable bonds is 7. The van der Waals surface area contributed by atoms with Crippen LogP contribution in [0.3, 0.4) is 0 Å². The zero-order chi connectivity index (χ0) is 16.9. The highest BCUT2D eigenvalue weighted by molar-refractivity contribution is 9.10. The van der Waals surface area contributed by atoms with Crippen LogP contribution in [0.2, 0.25) is 0 Å². The summed E-state index contributed by atoms with van der Waals surface area (Å²) in [6, 6.07) is 8.03. The maximum atomic E-state index is 11.7. The van der Waals surface area contributed by atoms with Crippen molar-refractivity contribution in [3.63, 3.8) is 0 Å². The molecule has 1 aliphatic rings. The maximum absolute atomic E-state index is 11.7. The molecular weight excluding hydrogens is 388 g/mol. The molecule has 2 heterocycles. The Morgan fingerprint density at radius 3 is 2.75 bits per heavy atom. The van der Waals surface area contributed by atoms with Crippen LogP contribution in [0.15, 0.2) is 46.5 Å². The number of hydrogen-bond donors (Lipinski definition) is 0. The predicted octanol–water partition coefficient (Wildman–Crippen LogP) is 3.61. The van der Waals surface area contributed by atoms with Crippen molar-refractivity contribution in [3.8, 4) is 11.4 Å². The molecule has 0 N–H and O–H groups in total. The number of amides is 1. The van der Waals surface area contributed by atoms with E-state index in [1.807, 2.05) is 35.2 Å². The van der Waals surface area contributed by atoms with Crippen molar-refractivity contribution in [3.05, 3.63) is 41.4 Å². The Bertz CT molecular complexity index is 729. The van der Waals surface area contributed by atoms with Crippen LogP contribution in [0.5, 0.6) is 0 Å². The van der Waals surface area contributed by atoms with Crippen LogP contribution in [-0.4, -0.2) is 44.4 Å². The normalized spacial score (nSPS) is 14.4. The first kappa shape index (κ1) is 17.2. The molecule has 7 heteroatoms. The van der Waals surface area contributed by atoms with Crippen LogP contribution in [0.1, 0.15) is 12.8 Å². The lowest BCUT2D eigenvalue weighted by atomic mass is 10.2. The number of likely N-dealkylation sites (tertiary alicyclic amines) is 1. The van der Waals surface area contributed by atoms with Gasteiger partial charge in [-0.1, -0.05) is 45.9 Å². The van der Waals surface area contributed by atoms with E-state index in [1.165, 1.54) is 0 Å². The van der Waals surface area contributed by atoms with Gasteiger partial charge in [0.1, 0.15) is 0 Å². The first-order valence-corrected chi connectivity index (χ1v) is 9.67. The topological polar surface area (TPSA) is 51.0 Å². The Labute approximate surface area is 154 Å². The molecule has 126 valence electrons. The van der Waals surface area contributed by atoms with Crippen molar-refractivity contribution in [2.24, 2.45) is 0 Å². The number of aromatic nitrogens is 3. The van der Waals surface area contributed by atoms with Crippen molar-refractivity contribution in [2.45, 2.75) is 24.5 Å². The Morgan fingerprint density at radius 2 is 2.08 bits per heavy atom. The number of thioether (sulfide) groups is 1. The molecule has 1 saturated heterocycles. The van der Waals surface area contributed by atoms with E-state index in [2.05, 4.69) is 37.3 Å². The summed E-state index contributed by atoms with van der Waals surface area (Å²) in [7, 11) is 0. The van der Waals surface area contributed by atoms with E-state index in [-0.39, 0.29) is 5.91 Å². The highest BCUT2D eigenvalue weighted by Gasteiger charge is 2.20. The summed E-state index contributed by atoms with van der Waals surface area (Å²) in [4.78, 5) is 13.6. The van der Waals surface area contributed by atoms with Gasteiger partial charge in [-0.25, -0.2) is 0 Å². The summed E-state index contributed by atoms with van der Waals surface area (Å²) in [6.45, 7) is 6.13. The van der Waals surface area contributed by atoms with Gasteiger partial charge in [0.05, 0.1) is 0 Å². The van der Waals surface area contributed by atoms with Crippen LogP contribution in [0.4, 0.5) is 0 Å². The highest BCUT2D eigenvalue weighted by atomic mass is 79.9. The van der Waals surface area contributed by atoms with Gasteiger partial charge in [-0.05, 0) is 18.6 Å². The van der Waals surface area contributed by atoms with Gasteiger partial charge in [0.2, 0.25) is 5.91 Å². The Morgan fingerprint density at radius 1 is 1.29 bits per heavy atom. The minimum Gasteiger partial charge on any atom is -0.342 e. The molecule has 0 aliphatic carbocycles. The largest absolute Gasteiger partial charge is 0.342 e. The third kappa shape index (κ3) is 3.89. The summed E-state index contributed by atoms with van der Waals surface area (Å²) < 4.78 is 3.10. The average molecular weight is 407 g/mol. The predicted molar refractivity (Wildman–Crippen MR) is 99.9 cm³/mol. The molecule has 0 spiro atoms. The lowest BCUT2D eigenvalue weighted by Crippen LogP contribution is -2.27. The van der Waals surface area contributed by atoms with Crippen LogP contribution in [-0.2, 0) is 11.3 Å². The minimum atomic E-state index is 0.263. The fraction of sp³-hybridized carbons (Fsp3) is 0.353. The summed E-state index contributed by atoms with van der Waals surface area (Å²) >= 11 is 5.08. The lowest BCUT2D eigenvalue weighted by molar-refractivity contribution is -0.127. The third-order valence-electron chi connectivity index (χ3n) is 3.89. The smallest absolute Gasteiger partial charge is 0.222 e. The Hall–Kier alpha value is -1.60. The molecule has 3 rings (SSSR count). The van der Waals surface area contributed by atoms with E-state index in [0.29, 0.717) is 13.0 Å². The van der Waals surface area contributed by atoms with Gasteiger partial charge in [0.15, 0.2) is 11.0 Å². The third-order valence-corrected chi connectivity index (χ3v) is 5.37. The maximum Gasteiger partial charge on any atom is 0.222 e. The number of allylic oxidation sites excluding steroid dienone is 1. The van der Waals surface area contributed by atoms with Crippen LogP contribution in [0, 0.1) is 0 Å². The molecule has 2 aromatic rings. The second-order valence-corrected chi connectivity index (χ2v) is 7.52. The van der Waals surface area contributed by atoms with Crippen molar-refractivity contribution in [1.29, 1.82) is 0 Å². The number of hydrogen-bond acceptors (Lipinski definition) is 4. The zero-order valence-corrected chi connectivity index (χ0v) is 15.7. The van der Waals surface area contributed by atoms with E-state index in [0.717, 1.165) is 46.3 Å². The number of benzene rings is 1. The SMILES string of the molecule is C=CCn1c(SCCN2CCCC2=O)nnc1-c1ccc(Br)cc1. The molecular formula is C17H19BrN4OS. The minimum absolute atomic E-state index is 0.263. The molecule has 1 fully saturated rings. The Balaban J connectivity index is 1.72. The van der Waals surface area contributed by atoms with Crippen LogP contribution < -0.4 is 0 Å². The summed E-state index contributed by atoms with van der Waals surface area (Å²) in [5, 5.41) is 9.54. The van der Waals surface area contributed by atoms with E-state index in [1.54, 1.807) is 11.8 Å². The van der Waals surface area contributed by atoms with Gasteiger partial charge in [-0.3, -0.25) is 9.36 Å². The van der Waals surface area contributed by atoms with E-state index in [9.17, 15) is 4.79 Å². The van der Waals surface area contributed by atoms with Crippen LogP contribution >= 0.6 is 27.7 Å². The molecule has 1 aromatic carbocycles. The molecule has 0 saturated carbocycles. The van der Waals surface area contributed by atoms with Gasteiger partial charge in [-0.15, -0.1) is 16.8 Å². The monoisotopic (exact) mass is 406 g/mol. The number of carbonyl (C=O) groups is 1. The zero-order valence-electron chi connectivity index (χ0n) is 13.3. The molecule has 0 unspecified atom stereocenters. The summed E-state index contributed by atoms with van der Waals surface area (Å²) in [5.41, 5.74) is 1.02. The molecule has 0 radical (unpaired) electrons. The number of halogens is 1. The van der Waals surface area contributed by atoms with Crippen molar-refractivity contribution in [1.82, 2.24) is 19.7 Å². The first-order valence-electron chi connectivity index (χ1n) is 7.89. The molecule has 5 nitrogen and oxygen atoms in total. The molecule has 0 atom stereocenters. The van der Waals surface area contributed by atoms with Gasteiger partial charge in [0.25, 0.3) is 0 Å². The standard InChI is InChI=1S/C17H19BrN4OS/c1-2-9-22-16(13-5-7-14(18)8-6-13)19-20-17(22)24-12-11-21-10-3-4-15(21)23/h2,5-8H,1,3-4,9-12H2. The van der Waals surface area contributed by atoms with Crippen molar-refractivity contribution in [2.75, 3.05) is 18.8 Å². The Kier molecular flexibility index (Phi) is 5.73. The van der Waals surface area contributed by atoms with Crippen molar-refractivity contribution >= 4 is 33.6 Å². The van der Waals surface area contributed by atoms with Crippen molar-refractivity contribution < 1.29 is 4.79 Å². The lowest BCUT2D eigenvalue weighted by Gasteiger charge is -2.14. The average Bonchev–Trinajstić information content (AvgIpc) is 3.16. The highest BCUT2D eigenvalue weighted by Crippen LogP contribution is 2.25. The fourth-order valence-corrected chi connectivity index (χ4v) is 3.86. The molecule has 0 bridgehead atoms. The quantitative estimate of drug-likeness (QED) is 0.520. The van der Waals surface area contributed by atoms with Gasteiger partial charge < -0.3 is 4.90 Å². The van der Waals surface area contributed by atoms with E-state index < -0.39 is 0 Å². The molecule has 24 heavy (non-hydrogen) atoms. The first-order chi connectivity index (χ1) is 11.7. The fourth-order valence-electron chi connectivity index (χ4n) is 2.69. The second kappa shape index (κ2) is 7.98. The molecule has 1 amide bonds. The van der Waals surface area contributed by atoms with Gasteiger partial charge in [0, 0.05) is 41.8 Å². The molecule has 1 aromatic heterocycles. The van der Waals surface area contributed by atoms with E-state index in [4.69, 9.17) is 0 Å². The summed E-state index contributed by atoms with van der Waals surface area (Å²) in [5.74, 6) is 1.92. The van der Waals surface area contributed by atoms with Gasteiger partial charge in [-0.2, -0.15) is 0 Å². The van der Waals surface area contributed by atoms with E-state index >= 15 is 0 Å². The van der Waals surface area contributed by atoms with Crippen LogP contribution in [0.25, 0.3) is 11.4 Å². The number of carbonyl (C=O) groups excluding carboxylic acids is 1. The summed E-state index contributed by atoms with van der Waals surface area (Å²) in [6.07, 6.45) is 3.51. The number of nitrogens with zero attached hydrogens (tertiary/aromatic N) is 4. The second-order valence-electron chi connectivity index (χ2n) is 5.55.